The highest BCUT2D eigenvalue weighted by Gasteiger charge is 2.06. The van der Waals surface area contributed by atoms with E-state index in [2.05, 4.69) is 15.3 Å². The number of nitrogens with zero attached hydrogens (tertiary/aromatic N) is 2. The van der Waals surface area contributed by atoms with E-state index >= 15 is 0 Å². The number of thiophene rings is 1. The van der Waals surface area contributed by atoms with Gasteiger partial charge >= 0.3 is 0 Å². The zero-order chi connectivity index (χ0) is 13.8. The van der Waals surface area contributed by atoms with Gasteiger partial charge in [-0.1, -0.05) is 25.4 Å². The number of anilines is 2. The zero-order valence-electron chi connectivity index (χ0n) is 11.0. The second-order valence-corrected chi connectivity index (χ2v) is 6.37. The summed E-state index contributed by atoms with van der Waals surface area (Å²) >= 11 is 7.50. The third-order valence-corrected chi connectivity index (χ3v) is 3.88. The summed E-state index contributed by atoms with van der Waals surface area (Å²) in [4.78, 5) is 9.91. The molecule has 0 spiro atoms. The summed E-state index contributed by atoms with van der Waals surface area (Å²) in [7, 11) is 0. The molecule has 0 saturated heterocycles. The van der Waals surface area contributed by atoms with Crippen LogP contribution in [0.25, 0.3) is 0 Å². The van der Waals surface area contributed by atoms with E-state index in [4.69, 9.17) is 17.3 Å². The minimum absolute atomic E-state index is 0.264. The molecular formula is C13H17ClN4S. The Kier molecular flexibility index (Phi) is 4.61. The summed E-state index contributed by atoms with van der Waals surface area (Å²) < 4.78 is 0.823. The van der Waals surface area contributed by atoms with Crippen LogP contribution in [-0.2, 0) is 6.42 Å². The minimum Gasteiger partial charge on any atom is -0.384 e. The molecule has 3 N–H and O–H groups in total. The lowest BCUT2D eigenvalue weighted by Gasteiger charge is -2.09. The molecule has 0 aliphatic heterocycles. The van der Waals surface area contributed by atoms with E-state index in [0.717, 1.165) is 28.9 Å². The maximum atomic E-state index is 5.89. The Hall–Kier alpha value is -1.33. The van der Waals surface area contributed by atoms with Crippen molar-refractivity contribution in [2.24, 2.45) is 0 Å². The van der Waals surface area contributed by atoms with E-state index in [1.807, 2.05) is 26.0 Å². The van der Waals surface area contributed by atoms with Crippen LogP contribution in [0, 0.1) is 0 Å². The number of nitrogens with one attached hydrogen (secondary N) is 1. The molecule has 0 saturated carbocycles. The third kappa shape index (κ3) is 4.08. The SMILES string of the molecule is CC(C)c1nc(N)cc(NCCc2ccc(Cl)s2)n1. The molecule has 0 aromatic carbocycles. The quantitative estimate of drug-likeness (QED) is 0.885. The summed E-state index contributed by atoms with van der Waals surface area (Å²) in [6, 6.07) is 5.72. The van der Waals surface area contributed by atoms with Gasteiger partial charge in [-0.25, -0.2) is 9.97 Å². The van der Waals surface area contributed by atoms with Crippen LogP contribution in [0.3, 0.4) is 0 Å². The van der Waals surface area contributed by atoms with Gasteiger partial charge in [0.2, 0.25) is 0 Å². The van der Waals surface area contributed by atoms with Crippen LogP contribution >= 0.6 is 22.9 Å². The van der Waals surface area contributed by atoms with Crippen LogP contribution in [0.2, 0.25) is 4.34 Å². The number of halogens is 1. The van der Waals surface area contributed by atoms with Gasteiger partial charge in [0, 0.05) is 23.4 Å². The highest BCUT2D eigenvalue weighted by atomic mass is 35.5. The number of aromatic nitrogens is 2. The molecule has 0 atom stereocenters. The van der Waals surface area contributed by atoms with E-state index in [0.29, 0.717) is 5.82 Å². The first-order valence-corrected chi connectivity index (χ1v) is 7.36. The van der Waals surface area contributed by atoms with Crippen molar-refractivity contribution in [1.29, 1.82) is 0 Å². The van der Waals surface area contributed by atoms with E-state index < -0.39 is 0 Å². The summed E-state index contributed by atoms with van der Waals surface area (Å²) in [5.74, 6) is 2.31. The lowest BCUT2D eigenvalue weighted by atomic mass is 10.2. The predicted molar refractivity (Wildman–Crippen MR) is 82.1 cm³/mol. The summed E-state index contributed by atoms with van der Waals surface area (Å²) in [5, 5.41) is 3.27. The van der Waals surface area contributed by atoms with Gasteiger partial charge in [0.1, 0.15) is 17.5 Å². The second kappa shape index (κ2) is 6.21. The molecule has 4 nitrogen and oxygen atoms in total. The fourth-order valence-electron chi connectivity index (χ4n) is 1.63. The van der Waals surface area contributed by atoms with Gasteiger partial charge in [0.25, 0.3) is 0 Å². The average molecular weight is 297 g/mol. The van der Waals surface area contributed by atoms with Gasteiger partial charge in [-0.05, 0) is 18.6 Å². The van der Waals surface area contributed by atoms with Gasteiger partial charge in [-0.2, -0.15) is 0 Å². The van der Waals surface area contributed by atoms with E-state index in [1.165, 1.54) is 4.88 Å². The zero-order valence-corrected chi connectivity index (χ0v) is 12.6. The van der Waals surface area contributed by atoms with Crippen LogP contribution in [0.15, 0.2) is 18.2 Å². The van der Waals surface area contributed by atoms with Gasteiger partial charge in [0.15, 0.2) is 0 Å². The maximum Gasteiger partial charge on any atom is 0.135 e. The number of hydrogen-bond acceptors (Lipinski definition) is 5. The molecule has 0 amide bonds. The molecule has 0 bridgehead atoms. The molecule has 102 valence electrons. The van der Waals surface area contributed by atoms with Crippen molar-refractivity contribution in [2.75, 3.05) is 17.6 Å². The Morgan fingerprint density at radius 3 is 2.79 bits per heavy atom. The van der Waals surface area contributed by atoms with Crippen molar-refractivity contribution in [3.8, 4) is 0 Å². The fraction of sp³-hybridized carbons (Fsp3) is 0.385. The maximum absolute atomic E-state index is 5.89. The van der Waals surface area contributed by atoms with Crippen LogP contribution in [0.5, 0.6) is 0 Å². The van der Waals surface area contributed by atoms with Crippen LogP contribution < -0.4 is 11.1 Å². The predicted octanol–water partition coefficient (Wildman–Crippen LogP) is 3.55. The normalized spacial score (nSPS) is 10.9. The Morgan fingerprint density at radius 1 is 1.37 bits per heavy atom. The standard InChI is InChI=1S/C13H17ClN4S/c1-8(2)13-17-11(15)7-12(18-13)16-6-5-9-3-4-10(14)19-9/h3-4,7-8H,5-6H2,1-2H3,(H3,15,16,17,18). The molecule has 0 aliphatic carbocycles. The average Bonchev–Trinajstić information content (AvgIpc) is 2.74. The van der Waals surface area contributed by atoms with Crippen LogP contribution in [-0.4, -0.2) is 16.5 Å². The molecule has 2 heterocycles. The molecular weight excluding hydrogens is 280 g/mol. The molecule has 0 unspecified atom stereocenters. The van der Waals surface area contributed by atoms with Crippen molar-refractivity contribution in [3.63, 3.8) is 0 Å². The van der Waals surface area contributed by atoms with E-state index in [1.54, 1.807) is 17.4 Å². The van der Waals surface area contributed by atoms with Gasteiger partial charge in [-0.3, -0.25) is 0 Å². The van der Waals surface area contributed by atoms with Crippen LogP contribution in [0.1, 0.15) is 30.5 Å². The van der Waals surface area contributed by atoms with E-state index in [-0.39, 0.29) is 5.92 Å². The van der Waals surface area contributed by atoms with Crippen LogP contribution in [0.4, 0.5) is 11.6 Å². The Balaban J connectivity index is 1.95. The first-order valence-electron chi connectivity index (χ1n) is 6.17. The first-order chi connectivity index (χ1) is 9.04. The molecule has 2 rings (SSSR count). The Labute approximate surface area is 122 Å². The highest BCUT2D eigenvalue weighted by molar-refractivity contribution is 7.16. The van der Waals surface area contributed by atoms with Crippen molar-refractivity contribution in [2.45, 2.75) is 26.2 Å². The first kappa shape index (κ1) is 14.1. The highest BCUT2D eigenvalue weighted by Crippen LogP contribution is 2.22. The second-order valence-electron chi connectivity index (χ2n) is 4.57. The smallest absolute Gasteiger partial charge is 0.135 e. The minimum atomic E-state index is 0.264. The lowest BCUT2D eigenvalue weighted by Crippen LogP contribution is -2.09. The lowest BCUT2D eigenvalue weighted by molar-refractivity contribution is 0.777. The number of rotatable bonds is 5. The van der Waals surface area contributed by atoms with Crippen molar-refractivity contribution < 1.29 is 0 Å². The molecule has 0 fully saturated rings. The Morgan fingerprint density at radius 2 is 2.16 bits per heavy atom. The fourth-order valence-corrected chi connectivity index (χ4v) is 2.72. The monoisotopic (exact) mass is 296 g/mol. The number of hydrogen-bond donors (Lipinski definition) is 2. The van der Waals surface area contributed by atoms with Gasteiger partial charge in [0.05, 0.1) is 4.34 Å². The number of nitrogens with two attached hydrogens (primary N) is 1. The van der Waals surface area contributed by atoms with Crippen molar-refractivity contribution in [3.05, 3.63) is 33.2 Å². The topological polar surface area (TPSA) is 63.8 Å². The largest absolute Gasteiger partial charge is 0.384 e. The summed E-state index contributed by atoms with van der Waals surface area (Å²) in [6.45, 7) is 4.89. The van der Waals surface area contributed by atoms with Gasteiger partial charge in [-0.15, -0.1) is 11.3 Å². The molecule has 0 aliphatic rings. The number of nitrogen functional groups attached to an aromatic ring is 1. The molecule has 2 aromatic rings. The molecule has 0 radical (unpaired) electrons. The molecule has 19 heavy (non-hydrogen) atoms. The third-order valence-electron chi connectivity index (χ3n) is 2.59. The van der Waals surface area contributed by atoms with Crippen molar-refractivity contribution in [1.82, 2.24) is 9.97 Å². The van der Waals surface area contributed by atoms with Gasteiger partial charge < -0.3 is 11.1 Å². The summed E-state index contributed by atoms with van der Waals surface area (Å²) in [6.07, 6.45) is 0.915. The van der Waals surface area contributed by atoms with E-state index in [9.17, 15) is 0 Å². The molecule has 6 heteroatoms. The molecule has 2 aromatic heterocycles. The summed E-state index contributed by atoms with van der Waals surface area (Å²) in [5.41, 5.74) is 5.78. The Bertz CT molecular complexity index is 553. The van der Waals surface area contributed by atoms with Crippen molar-refractivity contribution >= 4 is 34.6 Å².